The zero-order chi connectivity index (χ0) is 16.9. The molecule has 1 heterocycles. The fourth-order valence-corrected chi connectivity index (χ4v) is 3.06. The molecule has 0 atom stereocenters. The third-order valence-corrected chi connectivity index (χ3v) is 4.34. The number of benzene rings is 3. The molecule has 0 amide bonds. The summed E-state index contributed by atoms with van der Waals surface area (Å²) in [6.45, 7) is 0. The molecular formula is C24H19N. The van der Waals surface area contributed by atoms with E-state index in [0.717, 1.165) is 17.7 Å². The van der Waals surface area contributed by atoms with Crippen LogP contribution in [0.25, 0.3) is 22.4 Å². The van der Waals surface area contributed by atoms with Gasteiger partial charge in [-0.25, -0.2) is 0 Å². The van der Waals surface area contributed by atoms with Gasteiger partial charge in [-0.15, -0.1) is 0 Å². The second kappa shape index (κ2) is 7.14. The number of pyridine rings is 1. The van der Waals surface area contributed by atoms with Gasteiger partial charge in [0.2, 0.25) is 0 Å². The number of rotatable bonds is 4. The van der Waals surface area contributed by atoms with Gasteiger partial charge in [0.1, 0.15) is 0 Å². The first-order chi connectivity index (χ1) is 12.4. The van der Waals surface area contributed by atoms with Crippen LogP contribution in [0.3, 0.4) is 0 Å². The summed E-state index contributed by atoms with van der Waals surface area (Å²) in [5, 5.41) is 0. The minimum Gasteiger partial charge on any atom is -0.256 e. The molecule has 0 aliphatic rings. The Morgan fingerprint density at radius 1 is 0.520 bits per heavy atom. The van der Waals surface area contributed by atoms with Gasteiger partial charge < -0.3 is 0 Å². The van der Waals surface area contributed by atoms with Crippen molar-refractivity contribution in [1.29, 1.82) is 0 Å². The van der Waals surface area contributed by atoms with E-state index in [2.05, 4.69) is 96.0 Å². The van der Waals surface area contributed by atoms with Crippen LogP contribution in [0.15, 0.2) is 103 Å². The van der Waals surface area contributed by atoms with Crippen LogP contribution >= 0.6 is 0 Å². The van der Waals surface area contributed by atoms with Gasteiger partial charge in [0.15, 0.2) is 0 Å². The Morgan fingerprint density at radius 3 is 2.00 bits per heavy atom. The Hall–Kier alpha value is -3.19. The molecule has 4 rings (SSSR count). The van der Waals surface area contributed by atoms with Crippen LogP contribution in [0.4, 0.5) is 0 Å². The molecule has 0 aliphatic carbocycles. The van der Waals surface area contributed by atoms with Gasteiger partial charge >= 0.3 is 0 Å². The fourth-order valence-electron chi connectivity index (χ4n) is 3.06. The maximum Gasteiger partial charge on any atom is 0.0705 e. The van der Waals surface area contributed by atoms with Crippen LogP contribution in [-0.2, 0) is 6.42 Å². The second-order valence-electron chi connectivity index (χ2n) is 6.16. The third-order valence-electron chi connectivity index (χ3n) is 4.34. The Kier molecular flexibility index (Phi) is 4.38. The highest BCUT2D eigenvalue weighted by Crippen LogP contribution is 2.26. The van der Waals surface area contributed by atoms with Crippen molar-refractivity contribution in [3.63, 3.8) is 0 Å². The topological polar surface area (TPSA) is 12.9 Å². The summed E-state index contributed by atoms with van der Waals surface area (Å²) in [6.07, 6.45) is 2.83. The summed E-state index contributed by atoms with van der Waals surface area (Å²) in [5.41, 5.74) is 7.21. The average Bonchev–Trinajstić information content (AvgIpc) is 2.70. The summed E-state index contributed by atoms with van der Waals surface area (Å²) in [5.74, 6) is 0. The molecule has 0 fully saturated rings. The van der Waals surface area contributed by atoms with Crippen molar-refractivity contribution < 1.29 is 0 Å². The highest BCUT2D eigenvalue weighted by atomic mass is 14.7. The van der Waals surface area contributed by atoms with E-state index in [1.807, 2.05) is 12.3 Å². The van der Waals surface area contributed by atoms with Gasteiger partial charge in [0.25, 0.3) is 0 Å². The van der Waals surface area contributed by atoms with Gasteiger partial charge in [-0.3, -0.25) is 4.98 Å². The van der Waals surface area contributed by atoms with E-state index >= 15 is 0 Å². The highest BCUT2D eigenvalue weighted by molar-refractivity contribution is 5.71. The summed E-state index contributed by atoms with van der Waals surface area (Å²) in [6, 6.07) is 33.9. The molecule has 0 saturated carbocycles. The van der Waals surface area contributed by atoms with Crippen LogP contribution in [0.1, 0.15) is 11.1 Å². The van der Waals surface area contributed by atoms with E-state index < -0.39 is 0 Å². The molecule has 0 saturated heterocycles. The number of hydrogen-bond donors (Lipinski definition) is 0. The van der Waals surface area contributed by atoms with Gasteiger partial charge in [-0.05, 0) is 46.9 Å². The molecule has 3 aromatic carbocycles. The maximum absolute atomic E-state index is 4.59. The molecule has 1 heteroatoms. The molecule has 25 heavy (non-hydrogen) atoms. The lowest BCUT2D eigenvalue weighted by Crippen LogP contribution is -1.91. The Balaban J connectivity index is 1.65. The van der Waals surface area contributed by atoms with E-state index in [9.17, 15) is 0 Å². The largest absolute Gasteiger partial charge is 0.256 e. The number of hydrogen-bond acceptors (Lipinski definition) is 1. The summed E-state index contributed by atoms with van der Waals surface area (Å²) >= 11 is 0. The van der Waals surface area contributed by atoms with Crippen LogP contribution in [-0.4, -0.2) is 4.98 Å². The van der Waals surface area contributed by atoms with E-state index in [4.69, 9.17) is 0 Å². The van der Waals surface area contributed by atoms with Crippen molar-refractivity contribution in [3.05, 3.63) is 114 Å². The van der Waals surface area contributed by atoms with E-state index in [0.29, 0.717) is 0 Å². The first-order valence-electron chi connectivity index (χ1n) is 8.53. The SMILES string of the molecule is c1ccc(Cc2ccnc(-c3cccc(-c4ccccc4)c3)c2)cc1. The van der Waals surface area contributed by atoms with Gasteiger partial charge in [0, 0.05) is 11.8 Å². The smallest absolute Gasteiger partial charge is 0.0705 e. The minimum absolute atomic E-state index is 0.925. The molecule has 0 bridgehead atoms. The van der Waals surface area contributed by atoms with Crippen molar-refractivity contribution in [2.45, 2.75) is 6.42 Å². The van der Waals surface area contributed by atoms with Crippen molar-refractivity contribution in [1.82, 2.24) is 4.98 Å². The molecule has 0 aliphatic heterocycles. The predicted molar refractivity (Wildman–Crippen MR) is 104 cm³/mol. The molecular weight excluding hydrogens is 302 g/mol. The minimum atomic E-state index is 0.925. The Bertz CT molecular complexity index is 959. The lowest BCUT2D eigenvalue weighted by Gasteiger charge is -2.08. The zero-order valence-electron chi connectivity index (χ0n) is 14.0. The van der Waals surface area contributed by atoms with Gasteiger partial charge in [-0.2, -0.15) is 0 Å². The van der Waals surface area contributed by atoms with E-state index in [-0.39, 0.29) is 0 Å². The number of aromatic nitrogens is 1. The average molecular weight is 321 g/mol. The fraction of sp³-hybridized carbons (Fsp3) is 0.0417. The van der Waals surface area contributed by atoms with Crippen LogP contribution < -0.4 is 0 Å². The van der Waals surface area contributed by atoms with Crippen molar-refractivity contribution >= 4 is 0 Å². The van der Waals surface area contributed by atoms with Crippen molar-refractivity contribution in [2.24, 2.45) is 0 Å². The second-order valence-corrected chi connectivity index (χ2v) is 6.16. The summed E-state index contributed by atoms with van der Waals surface area (Å²) < 4.78 is 0. The lowest BCUT2D eigenvalue weighted by molar-refractivity contribution is 1.16. The standard InChI is InChI=1S/C24H19N/c1-3-8-19(9-4-1)16-20-14-15-25-24(17-20)23-13-7-12-22(18-23)21-10-5-2-6-11-21/h1-15,17-18H,16H2. The molecule has 0 N–H and O–H groups in total. The third kappa shape index (κ3) is 3.67. The Labute approximate surface area is 148 Å². The van der Waals surface area contributed by atoms with E-state index in [1.165, 1.54) is 22.3 Å². The lowest BCUT2D eigenvalue weighted by atomic mass is 10.00. The van der Waals surface area contributed by atoms with Crippen molar-refractivity contribution in [2.75, 3.05) is 0 Å². The molecule has 0 radical (unpaired) electrons. The monoisotopic (exact) mass is 321 g/mol. The van der Waals surface area contributed by atoms with Crippen LogP contribution in [0.2, 0.25) is 0 Å². The first kappa shape index (κ1) is 15.3. The van der Waals surface area contributed by atoms with Crippen LogP contribution in [0.5, 0.6) is 0 Å². The quantitative estimate of drug-likeness (QED) is 0.449. The molecule has 0 spiro atoms. The normalized spacial score (nSPS) is 10.6. The zero-order valence-corrected chi connectivity index (χ0v) is 14.0. The van der Waals surface area contributed by atoms with Gasteiger partial charge in [0.05, 0.1) is 5.69 Å². The Morgan fingerprint density at radius 2 is 1.20 bits per heavy atom. The summed E-state index contributed by atoms with van der Waals surface area (Å²) in [4.78, 5) is 4.59. The first-order valence-corrected chi connectivity index (χ1v) is 8.53. The molecule has 0 unspecified atom stereocenters. The molecule has 1 aromatic heterocycles. The van der Waals surface area contributed by atoms with Crippen LogP contribution in [0, 0.1) is 0 Å². The van der Waals surface area contributed by atoms with E-state index in [1.54, 1.807) is 0 Å². The molecule has 4 aromatic rings. The van der Waals surface area contributed by atoms with Crippen molar-refractivity contribution in [3.8, 4) is 22.4 Å². The molecule has 1 nitrogen and oxygen atoms in total. The van der Waals surface area contributed by atoms with Gasteiger partial charge in [-0.1, -0.05) is 78.9 Å². The predicted octanol–water partition coefficient (Wildman–Crippen LogP) is 6.01. The number of nitrogens with zero attached hydrogens (tertiary/aromatic N) is 1. The highest BCUT2D eigenvalue weighted by Gasteiger charge is 2.04. The maximum atomic E-state index is 4.59. The summed E-state index contributed by atoms with van der Waals surface area (Å²) in [7, 11) is 0. The molecule has 120 valence electrons.